The van der Waals surface area contributed by atoms with Gasteiger partial charge in [0.2, 0.25) is 0 Å². The summed E-state index contributed by atoms with van der Waals surface area (Å²) >= 11 is 9.51. The molecule has 1 N–H and O–H groups in total. The zero-order chi connectivity index (χ0) is 13.7. The molecule has 1 atom stereocenters. The Labute approximate surface area is 127 Å². The molecule has 0 aliphatic heterocycles. The standard InChI is InChI=1S/C16H16BrClO/c17-15-5-1-12(2-6-15)9-14(11-18)10-13-3-7-16(19)8-4-13/h1-8,14,19H,9-11H2. The van der Waals surface area contributed by atoms with Crippen LogP contribution in [0, 0.1) is 5.92 Å². The zero-order valence-corrected chi connectivity index (χ0v) is 12.9. The van der Waals surface area contributed by atoms with Crippen LogP contribution in [0.5, 0.6) is 5.75 Å². The van der Waals surface area contributed by atoms with E-state index in [4.69, 9.17) is 11.6 Å². The van der Waals surface area contributed by atoms with E-state index in [0.29, 0.717) is 17.5 Å². The topological polar surface area (TPSA) is 20.2 Å². The number of aromatic hydroxyl groups is 1. The largest absolute Gasteiger partial charge is 0.508 e. The van der Waals surface area contributed by atoms with Crippen molar-refractivity contribution in [2.45, 2.75) is 12.8 Å². The molecule has 0 amide bonds. The van der Waals surface area contributed by atoms with Gasteiger partial charge in [0, 0.05) is 10.4 Å². The molecular formula is C16H16BrClO. The fourth-order valence-electron chi connectivity index (χ4n) is 2.10. The summed E-state index contributed by atoms with van der Waals surface area (Å²) in [6.07, 6.45) is 1.90. The molecule has 0 saturated heterocycles. The van der Waals surface area contributed by atoms with Crippen LogP contribution in [0.2, 0.25) is 0 Å². The Hall–Kier alpha value is -0.990. The third-order valence-electron chi connectivity index (χ3n) is 3.12. The maximum atomic E-state index is 9.28. The number of phenolic OH excluding ortho intramolecular Hbond substituents is 1. The van der Waals surface area contributed by atoms with Crippen molar-refractivity contribution in [1.82, 2.24) is 0 Å². The molecule has 0 spiro atoms. The lowest BCUT2D eigenvalue weighted by atomic mass is 9.94. The molecule has 19 heavy (non-hydrogen) atoms. The lowest BCUT2D eigenvalue weighted by Crippen LogP contribution is -2.10. The maximum absolute atomic E-state index is 9.28. The van der Waals surface area contributed by atoms with Crippen molar-refractivity contribution in [3.8, 4) is 5.75 Å². The highest BCUT2D eigenvalue weighted by molar-refractivity contribution is 9.10. The van der Waals surface area contributed by atoms with Crippen LogP contribution < -0.4 is 0 Å². The number of halogens is 2. The van der Waals surface area contributed by atoms with Gasteiger partial charge in [-0.15, -0.1) is 11.6 Å². The van der Waals surface area contributed by atoms with Crippen LogP contribution in [0.1, 0.15) is 11.1 Å². The van der Waals surface area contributed by atoms with E-state index in [2.05, 4.69) is 40.2 Å². The van der Waals surface area contributed by atoms with Gasteiger partial charge in [0.15, 0.2) is 0 Å². The summed E-state index contributed by atoms with van der Waals surface area (Å²) in [7, 11) is 0. The smallest absolute Gasteiger partial charge is 0.115 e. The van der Waals surface area contributed by atoms with E-state index in [9.17, 15) is 5.11 Å². The Kier molecular flexibility index (Phi) is 5.29. The van der Waals surface area contributed by atoms with Crippen LogP contribution in [0.3, 0.4) is 0 Å². The summed E-state index contributed by atoms with van der Waals surface area (Å²) in [5, 5.41) is 9.28. The Bertz CT molecular complexity index is 460. The molecule has 1 unspecified atom stereocenters. The molecule has 0 radical (unpaired) electrons. The van der Waals surface area contributed by atoms with Gasteiger partial charge < -0.3 is 5.11 Å². The summed E-state index contributed by atoms with van der Waals surface area (Å²) < 4.78 is 1.09. The lowest BCUT2D eigenvalue weighted by molar-refractivity contribution is 0.474. The Morgan fingerprint density at radius 1 is 0.895 bits per heavy atom. The molecule has 0 bridgehead atoms. The molecule has 0 aliphatic rings. The molecule has 2 aromatic rings. The van der Waals surface area contributed by atoms with Gasteiger partial charge in [0.1, 0.15) is 5.75 Å². The van der Waals surface area contributed by atoms with Crippen molar-refractivity contribution in [2.24, 2.45) is 5.92 Å². The minimum Gasteiger partial charge on any atom is -0.508 e. The fourth-order valence-corrected chi connectivity index (χ4v) is 2.58. The van der Waals surface area contributed by atoms with Gasteiger partial charge in [-0.3, -0.25) is 0 Å². The predicted octanol–water partition coefficient (Wildman–Crippen LogP) is 4.79. The van der Waals surface area contributed by atoms with Gasteiger partial charge in [0.25, 0.3) is 0 Å². The van der Waals surface area contributed by atoms with Gasteiger partial charge in [-0.25, -0.2) is 0 Å². The van der Waals surface area contributed by atoms with Crippen LogP contribution in [-0.4, -0.2) is 11.0 Å². The first kappa shape index (κ1) is 14.4. The van der Waals surface area contributed by atoms with Crippen molar-refractivity contribution in [3.63, 3.8) is 0 Å². The first-order chi connectivity index (χ1) is 9.17. The lowest BCUT2D eigenvalue weighted by Gasteiger charge is -2.14. The quantitative estimate of drug-likeness (QED) is 0.776. The fraction of sp³-hybridized carbons (Fsp3) is 0.250. The number of hydrogen-bond donors (Lipinski definition) is 1. The van der Waals surface area contributed by atoms with Crippen molar-refractivity contribution >= 4 is 27.5 Å². The molecule has 1 nitrogen and oxygen atoms in total. The summed E-state index contributed by atoms with van der Waals surface area (Å²) in [5.74, 6) is 1.35. The van der Waals surface area contributed by atoms with Gasteiger partial charge in [-0.2, -0.15) is 0 Å². The second-order valence-corrected chi connectivity index (χ2v) is 5.95. The number of rotatable bonds is 5. The van der Waals surface area contributed by atoms with E-state index in [1.165, 1.54) is 11.1 Å². The minimum atomic E-state index is 0.305. The molecule has 0 heterocycles. The molecular weight excluding hydrogens is 324 g/mol. The summed E-state index contributed by atoms with van der Waals surface area (Å²) in [6, 6.07) is 15.7. The van der Waals surface area contributed by atoms with E-state index in [-0.39, 0.29) is 0 Å². The van der Waals surface area contributed by atoms with Gasteiger partial charge in [0.05, 0.1) is 0 Å². The van der Waals surface area contributed by atoms with Crippen molar-refractivity contribution in [3.05, 3.63) is 64.1 Å². The normalized spacial score (nSPS) is 12.3. The Morgan fingerprint density at radius 3 is 1.84 bits per heavy atom. The second-order valence-electron chi connectivity index (χ2n) is 4.72. The van der Waals surface area contributed by atoms with Crippen LogP contribution in [0.15, 0.2) is 53.0 Å². The maximum Gasteiger partial charge on any atom is 0.115 e. The summed E-state index contributed by atoms with van der Waals surface area (Å²) in [4.78, 5) is 0. The predicted molar refractivity (Wildman–Crippen MR) is 83.9 cm³/mol. The van der Waals surface area contributed by atoms with E-state index in [1.54, 1.807) is 12.1 Å². The molecule has 0 aromatic heterocycles. The molecule has 0 aliphatic carbocycles. The molecule has 2 aromatic carbocycles. The highest BCUT2D eigenvalue weighted by Gasteiger charge is 2.10. The summed E-state index contributed by atoms with van der Waals surface area (Å²) in [5.41, 5.74) is 2.51. The van der Waals surface area contributed by atoms with Crippen molar-refractivity contribution in [1.29, 1.82) is 0 Å². The van der Waals surface area contributed by atoms with Gasteiger partial charge in [-0.05, 0) is 54.2 Å². The molecule has 3 heteroatoms. The molecule has 0 fully saturated rings. The van der Waals surface area contributed by atoms with Crippen LogP contribution in [0.4, 0.5) is 0 Å². The highest BCUT2D eigenvalue weighted by Crippen LogP contribution is 2.19. The third kappa shape index (κ3) is 4.55. The van der Waals surface area contributed by atoms with Gasteiger partial charge in [-0.1, -0.05) is 40.2 Å². The average Bonchev–Trinajstić information content (AvgIpc) is 2.43. The second kappa shape index (κ2) is 6.97. The van der Waals surface area contributed by atoms with E-state index in [0.717, 1.165) is 17.3 Å². The monoisotopic (exact) mass is 338 g/mol. The highest BCUT2D eigenvalue weighted by atomic mass is 79.9. The molecule has 2 rings (SSSR count). The number of alkyl halides is 1. The van der Waals surface area contributed by atoms with E-state index < -0.39 is 0 Å². The Balaban J connectivity index is 2.00. The average molecular weight is 340 g/mol. The summed E-state index contributed by atoms with van der Waals surface area (Å²) in [6.45, 7) is 0. The third-order valence-corrected chi connectivity index (χ3v) is 4.08. The van der Waals surface area contributed by atoms with Crippen LogP contribution >= 0.6 is 27.5 Å². The SMILES string of the molecule is Oc1ccc(CC(CCl)Cc2ccc(Br)cc2)cc1. The zero-order valence-electron chi connectivity index (χ0n) is 10.5. The van der Waals surface area contributed by atoms with Crippen LogP contribution in [0.25, 0.3) is 0 Å². The minimum absolute atomic E-state index is 0.305. The molecule has 0 saturated carbocycles. The number of benzene rings is 2. The van der Waals surface area contributed by atoms with Crippen molar-refractivity contribution in [2.75, 3.05) is 5.88 Å². The van der Waals surface area contributed by atoms with Crippen molar-refractivity contribution < 1.29 is 5.11 Å². The Morgan fingerprint density at radius 2 is 1.37 bits per heavy atom. The number of hydrogen-bond acceptors (Lipinski definition) is 1. The number of phenols is 1. The van der Waals surface area contributed by atoms with E-state index >= 15 is 0 Å². The van der Waals surface area contributed by atoms with Crippen LogP contribution in [-0.2, 0) is 12.8 Å². The van der Waals surface area contributed by atoms with Gasteiger partial charge >= 0.3 is 0 Å². The van der Waals surface area contributed by atoms with E-state index in [1.807, 2.05) is 12.1 Å². The first-order valence-corrected chi connectivity index (χ1v) is 7.58. The molecule has 100 valence electrons. The first-order valence-electron chi connectivity index (χ1n) is 6.25.